The predicted molar refractivity (Wildman–Crippen MR) is 58.4 cm³/mol. The van der Waals surface area contributed by atoms with Gasteiger partial charge in [-0.15, -0.1) is 0 Å². The minimum absolute atomic E-state index is 0.548. The van der Waals surface area contributed by atoms with Gasteiger partial charge in [-0.05, 0) is 45.1 Å². The Morgan fingerprint density at radius 2 is 1.86 bits per heavy atom. The van der Waals surface area contributed by atoms with E-state index in [0.29, 0.717) is 6.10 Å². The highest BCUT2D eigenvalue weighted by Gasteiger charge is 2.37. The fourth-order valence-electron chi connectivity index (χ4n) is 2.97. The molecule has 0 bridgehead atoms. The van der Waals surface area contributed by atoms with Crippen LogP contribution in [-0.4, -0.2) is 36.7 Å². The van der Waals surface area contributed by atoms with E-state index < -0.39 is 0 Å². The largest absolute Gasteiger partial charge is 0.381 e. The van der Waals surface area contributed by atoms with Crippen molar-refractivity contribution < 1.29 is 4.74 Å². The fourth-order valence-corrected chi connectivity index (χ4v) is 2.97. The maximum Gasteiger partial charge on any atom is 0.0601 e. The van der Waals surface area contributed by atoms with Crippen molar-refractivity contribution in [1.82, 2.24) is 4.90 Å². The number of rotatable bonds is 2. The Bertz CT molecular complexity index is 189. The monoisotopic (exact) mass is 197 g/mol. The van der Waals surface area contributed by atoms with Crippen LogP contribution in [0.1, 0.15) is 39.5 Å². The first kappa shape index (κ1) is 10.4. The second-order valence-corrected chi connectivity index (χ2v) is 5.20. The number of nitrogens with zero attached hydrogens (tertiary/aromatic N) is 1. The van der Waals surface area contributed by atoms with Crippen molar-refractivity contribution in [3.05, 3.63) is 0 Å². The molecule has 0 unspecified atom stereocenters. The Morgan fingerprint density at radius 3 is 2.43 bits per heavy atom. The normalized spacial score (nSPS) is 44.8. The average Bonchev–Trinajstić information content (AvgIpc) is 2.06. The Hall–Kier alpha value is -0.0800. The highest BCUT2D eigenvalue weighted by atomic mass is 16.5. The van der Waals surface area contributed by atoms with Gasteiger partial charge in [0.1, 0.15) is 0 Å². The Kier molecular flexibility index (Phi) is 3.13. The molecule has 2 aliphatic rings. The number of hydrogen-bond acceptors (Lipinski definition) is 2. The van der Waals surface area contributed by atoms with Crippen LogP contribution in [0.4, 0.5) is 0 Å². The molecule has 2 fully saturated rings. The molecule has 0 spiro atoms. The molecule has 0 aromatic heterocycles. The highest BCUT2D eigenvalue weighted by Crippen LogP contribution is 2.33. The molecule has 1 heterocycles. The summed E-state index contributed by atoms with van der Waals surface area (Å²) in [6, 6.07) is 1.61. The lowest BCUT2D eigenvalue weighted by Gasteiger charge is -2.48. The van der Waals surface area contributed by atoms with Crippen LogP contribution in [-0.2, 0) is 4.74 Å². The molecule has 2 rings (SSSR count). The molecule has 0 radical (unpaired) electrons. The van der Waals surface area contributed by atoms with Gasteiger partial charge in [-0.1, -0.05) is 6.92 Å². The average molecular weight is 197 g/mol. The van der Waals surface area contributed by atoms with Gasteiger partial charge in [0, 0.05) is 19.2 Å². The topological polar surface area (TPSA) is 12.5 Å². The van der Waals surface area contributed by atoms with Crippen LogP contribution in [0.25, 0.3) is 0 Å². The van der Waals surface area contributed by atoms with Gasteiger partial charge in [0.05, 0.1) is 6.10 Å². The molecule has 2 atom stereocenters. The number of hydrogen-bond donors (Lipinski definition) is 0. The van der Waals surface area contributed by atoms with E-state index in [1.807, 2.05) is 7.11 Å². The molecular formula is C12H23NO. The van der Waals surface area contributed by atoms with Crippen LogP contribution in [0.2, 0.25) is 0 Å². The molecule has 0 amide bonds. The van der Waals surface area contributed by atoms with Crippen molar-refractivity contribution in [3.8, 4) is 0 Å². The van der Waals surface area contributed by atoms with Gasteiger partial charge >= 0.3 is 0 Å². The number of ether oxygens (including phenoxy) is 1. The summed E-state index contributed by atoms with van der Waals surface area (Å²) < 4.78 is 5.34. The van der Waals surface area contributed by atoms with E-state index in [4.69, 9.17) is 4.74 Å². The first-order chi connectivity index (χ1) is 6.70. The third-order valence-corrected chi connectivity index (χ3v) is 4.06. The van der Waals surface area contributed by atoms with Crippen LogP contribution < -0.4 is 0 Å². The number of piperidine rings is 1. The summed E-state index contributed by atoms with van der Waals surface area (Å²) in [5, 5.41) is 0. The SMILES string of the molecule is CO[C@H]1C[C@H](N2CC[C@H](C)C[C@@H]2C)C1. The van der Waals surface area contributed by atoms with Gasteiger partial charge < -0.3 is 4.74 Å². The second-order valence-electron chi connectivity index (χ2n) is 5.20. The molecule has 0 aromatic carbocycles. The van der Waals surface area contributed by atoms with E-state index in [9.17, 15) is 0 Å². The minimum Gasteiger partial charge on any atom is -0.381 e. The maximum atomic E-state index is 5.34. The standard InChI is InChI=1S/C12H23NO/c1-9-4-5-13(10(2)6-9)11-7-12(8-11)14-3/h9-12H,4-8H2,1-3H3/t9-,10-,11-,12-/m0/s1. The van der Waals surface area contributed by atoms with Gasteiger partial charge in [0.2, 0.25) is 0 Å². The fraction of sp³-hybridized carbons (Fsp3) is 1.00. The highest BCUT2D eigenvalue weighted by molar-refractivity contribution is 4.92. The Morgan fingerprint density at radius 1 is 1.14 bits per heavy atom. The van der Waals surface area contributed by atoms with Crippen molar-refractivity contribution in [3.63, 3.8) is 0 Å². The van der Waals surface area contributed by atoms with Crippen LogP contribution in [0, 0.1) is 5.92 Å². The van der Waals surface area contributed by atoms with E-state index in [0.717, 1.165) is 18.0 Å². The molecule has 1 saturated carbocycles. The van der Waals surface area contributed by atoms with Crippen molar-refractivity contribution in [1.29, 1.82) is 0 Å². The zero-order valence-corrected chi connectivity index (χ0v) is 9.70. The predicted octanol–water partition coefficient (Wildman–Crippen LogP) is 2.28. The van der Waals surface area contributed by atoms with Crippen LogP contribution in [0.15, 0.2) is 0 Å². The van der Waals surface area contributed by atoms with E-state index in [1.54, 1.807) is 0 Å². The van der Waals surface area contributed by atoms with Crippen LogP contribution in [0.3, 0.4) is 0 Å². The molecule has 1 saturated heterocycles. The smallest absolute Gasteiger partial charge is 0.0601 e. The zero-order chi connectivity index (χ0) is 10.1. The third-order valence-electron chi connectivity index (χ3n) is 4.06. The second kappa shape index (κ2) is 4.19. The molecule has 2 heteroatoms. The summed E-state index contributed by atoms with van der Waals surface area (Å²) in [4.78, 5) is 2.70. The summed E-state index contributed by atoms with van der Waals surface area (Å²) in [5.74, 6) is 0.930. The van der Waals surface area contributed by atoms with Crippen molar-refractivity contribution >= 4 is 0 Å². The summed E-state index contributed by atoms with van der Waals surface area (Å²) in [6.45, 7) is 6.08. The van der Waals surface area contributed by atoms with Gasteiger partial charge in [0.15, 0.2) is 0 Å². The number of likely N-dealkylation sites (tertiary alicyclic amines) is 1. The maximum absolute atomic E-state index is 5.34. The molecule has 1 aliphatic carbocycles. The summed E-state index contributed by atoms with van der Waals surface area (Å²) >= 11 is 0. The lowest BCUT2D eigenvalue weighted by atomic mass is 9.83. The van der Waals surface area contributed by atoms with Gasteiger partial charge in [0.25, 0.3) is 0 Å². The van der Waals surface area contributed by atoms with E-state index in [2.05, 4.69) is 18.7 Å². The molecule has 1 aliphatic heterocycles. The lowest BCUT2D eigenvalue weighted by Crippen LogP contribution is -2.53. The first-order valence-electron chi connectivity index (χ1n) is 5.99. The molecule has 2 nitrogen and oxygen atoms in total. The minimum atomic E-state index is 0.548. The van der Waals surface area contributed by atoms with Crippen molar-refractivity contribution in [2.75, 3.05) is 13.7 Å². The van der Waals surface area contributed by atoms with E-state index in [1.165, 1.54) is 32.2 Å². The Balaban J connectivity index is 1.81. The van der Waals surface area contributed by atoms with Gasteiger partial charge in [-0.25, -0.2) is 0 Å². The van der Waals surface area contributed by atoms with Crippen molar-refractivity contribution in [2.24, 2.45) is 5.92 Å². The van der Waals surface area contributed by atoms with Gasteiger partial charge in [-0.3, -0.25) is 4.90 Å². The number of methoxy groups -OCH3 is 1. The van der Waals surface area contributed by atoms with Crippen LogP contribution >= 0.6 is 0 Å². The third kappa shape index (κ3) is 1.96. The lowest BCUT2D eigenvalue weighted by molar-refractivity contribution is -0.0512. The van der Waals surface area contributed by atoms with Gasteiger partial charge in [-0.2, -0.15) is 0 Å². The van der Waals surface area contributed by atoms with Crippen LogP contribution in [0.5, 0.6) is 0 Å². The summed E-state index contributed by atoms with van der Waals surface area (Å²) in [7, 11) is 1.84. The summed E-state index contributed by atoms with van der Waals surface area (Å²) in [6.07, 6.45) is 5.84. The Labute approximate surface area is 87.6 Å². The molecule has 82 valence electrons. The molecule has 0 aromatic rings. The van der Waals surface area contributed by atoms with E-state index >= 15 is 0 Å². The first-order valence-corrected chi connectivity index (χ1v) is 5.99. The molecule has 0 N–H and O–H groups in total. The summed E-state index contributed by atoms with van der Waals surface area (Å²) in [5.41, 5.74) is 0. The molecular weight excluding hydrogens is 174 g/mol. The quantitative estimate of drug-likeness (QED) is 0.673. The zero-order valence-electron chi connectivity index (χ0n) is 9.70. The van der Waals surface area contributed by atoms with E-state index in [-0.39, 0.29) is 0 Å². The molecule has 14 heavy (non-hydrogen) atoms. The van der Waals surface area contributed by atoms with Crippen molar-refractivity contribution in [2.45, 2.75) is 57.7 Å².